The van der Waals surface area contributed by atoms with E-state index in [0.717, 1.165) is 42.4 Å². The fraction of sp³-hybridized carbons (Fsp3) is 0.710. The standard InChI is InChI=1S/C31H49N5O4Si/c1-31(2,3)41(6,7)40-24-12-10-23(11-13-24)36-16-15-35(20-27(36)37)30(38)29-33-28-25(32-14-17-39-5)18-22(21-8-9-21)19-26(28)34(29)4/h18-19,21,23-24,32H,8-17,20H2,1-7H3/t23-,24-. The third-order valence-corrected chi connectivity index (χ3v) is 14.3. The van der Waals surface area contributed by atoms with E-state index in [0.29, 0.717) is 38.0 Å². The number of piperazine rings is 1. The fourth-order valence-electron chi connectivity index (χ4n) is 6.03. The van der Waals surface area contributed by atoms with Crippen LogP contribution in [0.3, 0.4) is 0 Å². The predicted molar refractivity (Wildman–Crippen MR) is 165 cm³/mol. The van der Waals surface area contributed by atoms with Gasteiger partial charge in [-0.3, -0.25) is 9.59 Å². The van der Waals surface area contributed by atoms with E-state index in [1.165, 1.54) is 18.4 Å². The zero-order valence-electron chi connectivity index (χ0n) is 26.1. The highest BCUT2D eigenvalue weighted by Gasteiger charge is 2.41. The summed E-state index contributed by atoms with van der Waals surface area (Å²) in [7, 11) is 1.79. The average Bonchev–Trinajstić information content (AvgIpc) is 3.72. The number of ether oxygens (including phenoxy) is 1. The van der Waals surface area contributed by atoms with E-state index in [1.54, 1.807) is 12.0 Å². The molecular formula is C31H49N5O4Si. The number of hydrogen-bond donors (Lipinski definition) is 1. The molecule has 1 saturated heterocycles. The summed E-state index contributed by atoms with van der Waals surface area (Å²) in [5.74, 6) is 0.817. The van der Waals surface area contributed by atoms with Crippen molar-refractivity contribution in [3.05, 3.63) is 23.5 Å². The monoisotopic (exact) mass is 583 g/mol. The first-order chi connectivity index (χ1) is 19.4. The number of imidazole rings is 1. The molecule has 3 aliphatic rings. The lowest BCUT2D eigenvalue weighted by Crippen LogP contribution is -2.56. The predicted octanol–water partition coefficient (Wildman–Crippen LogP) is 5.13. The maximum atomic E-state index is 13.7. The molecule has 1 aromatic heterocycles. The van der Waals surface area contributed by atoms with E-state index >= 15 is 0 Å². The van der Waals surface area contributed by atoms with E-state index < -0.39 is 8.32 Å². The van der Waals surface area contributed by atoms with Gasteiger partial charge in [-0.25, -0.2) is 4.98 Å². The molecule has 41 heavy (non-hydrogen) atoms. The first kappa shape index (κ1) is 30.0. The molecule has 0 atom stereocenters. The Morgan fingerprint density at radius 1 is 1.10 bits per heavy atom. The third kappa shape index (κ3) is 6.34. The molecule has 2 amide bonds. The van der Waals surface area contributed by atoms with Gasteiger partial charge in [0.05, 0.1) is 17.8 Å². The quantitative estimate of drug-likeness (QED) is 0.325. The Labute approximate surface area is 246 Å². The maximum Gasteiger partial charge on any atom is 0.290 e. The highest BCUT2D eigenvalue weighted by Crippen LogP contribution is 2.43. The van der Waals surface area contributed by atoms with Crippen LogP contribution >= 0.6 is 0 Å². The number of carbonyl (C=O) groups is 2. The summed E-state index contributed by atoms with van der Waals surface area (Å²) in [4.78, 5) is 35.5. The van der Waals surface area contributed by atoms with E-state index in [9.17, 15) is 9.59 Å². The molecule has 0 unspecified atom stereocenters. The van der Waals surface area contributed by atoms with Crippen LogP contribution in [0, 0.1) is 0 Å². The number of aromatic nitrogens is 2. The number of benzene rings is 1. The van der Waals surface area contributed by atoms with Gasteiger partial charge in [0.1, 0.15) is 12.1 Å². The number of amides is 2. The summed E-state index contributed by atoms with van der Waals surface area (Å²) >= 11 is 0. The summed E-state index contributed by atoms with van der Waals surface area (Å²) < 4.78 is 13.8. The normalized spacial score (nSPS) is 22.5. The summed E-state index contributed by atoms with van der Waals surface area (Å²) in [5, 5.41) is 3.65. The highest BCUT2D eigenvalue weighted by atomic mass is 28.4. The molecule has 1 aromatic carbocycles. The highest BCUT2D eigenvalue weighted by molar-refractivity contribution is 6.74. The van der Waals surface area contributed by atoms with Gasteiger partial charge >= 0.3 is 0 Å². The van der Waals surface area contributed by atoms with E-state index in [2.05, 4.69) is 51.3 Å². The first-order valence-corrected chi connectivity index (χ1v) is 18.3. The minimum absolute atomic E-state index is 0.0371. The van der Waals surface area contributed by atoms with Crippen LogP contribution in [0.1, 0.15) is 81.4 Å². The van der Waals surface area contributed by atoms with Crippen molar-refractivity contribution in [3.8, 4) is 0 Å². The molecule has 2 aromatic rings. The lowest BCUT2D eigenvalue weighted by atomic mass is 9.91. The van der Waals surface area contributed by atoms with Crippen LogP contribution in [-0.2, 0) is 21.0 Å². The first-order valence-electron chi connectivity index (χ1n) is 15.4. The van der Waals surface area contributed by atoms with Crippen LogP contribution < -0.4 is 5.32 Å². The Balaban J connectivity index is 1.23. The number of anilines is 1. The van der Waals surface area contributed by atoms with E-state index in [4.69, 9.17) is 14.1 Å². The molecule has 5 rings (SSSR count). The van der Waals surface area contributed by atoms with Crippen molar-refractivity contribution < 1.29 is 18.8 Å². The summed E-state index contributed by atoms with van der Waals surface area (Å²) in [6, 6.07) is 4.58. The minimum atomic E-state index is -1.80. The molecule has 2 aliphatic carbocycles. The Kier molecular flexibility index (Phi) is 8.56. The maximum absolute atomic E-state index is 13.7. The smallest absolute Gasteiger partial charge is 0.290 e. The van der Waals surface area contributed by atoms with Crippen molar-refractivity contribution in [1.29, 1.82) is 0 Å². The summed E-state index contributed by atoms with van der Waals surface area (Å²) in [6.07, 6.45) is 6.60. The average molecular weight is 584 g/mol. The second kappa shape index (κ2) is 11.7. The molecule has 10 heteroatoms. The van der Waals surface area contributed by atoms with Gasteiger partial charge in [-0.05, 0) is 80.3 Å². The SMILES string of the molecule is COCCNc1cc(C2CC2)cc2c1nc(C(=O)N1CCN([C@H]3CC[C@H](O[Si](C)(C)C(C)(C)C)CC3)C(=O)C1)n2C. The summed E-state index contributed by atoms with van der Waals surface area (Å²) in [6.45, 7) is 13.9. The number of fused-ring (bicyclic) bond motifs is 1. The second-order valence-corrected chi connectivity index (χ2v) is 18.5. The van der Waals surface area contributed by atoms with Gasteiger partial charge in [-0.2, -0.15) is 0 Å². The van der Waals surface area contributed by atoms with Crippen LogP contribution in [0.5, 0.6) is 0 Å². The lowest BCUT2D eigenvalue weighted by Gasteiger charge is -2.44. The zero-order chi connectivity index (χ0) is 29.5. The number of nitrogens with zero attached hydrogens (tertiary/aromatic N) is 4. The van der Waals surface area contributed by atoms with Crippen molar-refractivity contribution >= 4 is 36.9 Å². The molecule has 226 valence electrons. The lowest BCUT2D eigenvalue weighted by molar-refractivity contribution is -0.138. The number of rotatable bonds is 9. The molecule has 0 radical (unpaired) electrons. The molecule has 1 N–H and O–H groups in total. The number of methoxy groups -OCH3 is 1. The van der Waals surface area contributed by atoms with E-state index in [1.807, 2.05) is 16.5 Å². The van der Waals surface area contributed by atoms with E-state index in [-0.39, 0.29) is 35.5 Å². The van der Waals surface area contributed by atoms with Crippen LogP contribution in [0.2, 0.25) is 18.1 Å². The molecule has 0 spiro atoms. The number of aryl methyl sites for hydroxylation is 1. The molecule has 3 fully saturated rings. The van der Waals surface area contributed by atoms with Crippen LogP contribution in [0.15, 0.2) is 12.1 Å². The second-order valence-electron chi connectivity index (χ2n) is 13.7. The van der Waals surface area contributed by atoms with Gasteiger partial charge in [0.25, 0.3) is 5.91 Å². The Morgan fingerprint density at radius 3 is 2.41 bits per heavy atom. The number of nitrogens with one attached hydrogen (secondary N) is 1. The largest absolute Gasteiger partial charge is 0.414 e. The Bertz CT molecular complexity index is 1270. The van der Waals surface area contributed by atoms with Crippen molar-refractivity contribution in [1.82, 2.24) is 19.4 Å². The van der Waals surface area contributed by atoms with Gasteiger partial charge in [-0.1, -0.05) is 20.8 Å². The number of carbonyl (C=O) groups excluding carboxylic acids is 2. The minimum Gasteiger partial charge on any atom is -0.414 e. The molecule has 2 heterocycles. The summed E-state index contributed by atoms with van der Waals surface area (Å²) in [5.41, 5.74) is 3.95. The van der Waals surface area contributed by atoms with Gasteiger partial charge < -0.3 is 28.8 Å². The van der Waals surface area contributed by atoms with Crippen molar-refractivity contribution in [2.45, 2.75) is 95.5 Å². The topological polar surface area (TPSA) is 88.9 Å². The van der Waals surface area contributed by atoms with Gasteiger partial charge in [-0.15, -0.1) is 0 Å². The van der Waals surface area contributed by atoms with Gasteiger partial charge in [0, 0.05) is 45.9 Å². The van der Waals surface area contributed by atoms with Gasteiger partial charge in [0.15, 0.2) is 14.1 Å². The number of hydrogen-bond acceptors (Lipinski definition) is 6. The zero-order valence-corrected chi connectivity index (χ0v) is 27.1. The third-order valence-electron chi connectivity index (χ3n) is 9.77. The van der Waals surface area contributed by atoms with Crippen LogP contribution in [0.4, 0.5) is 5.69 Å². The van der Waals surface area contributed by atoms with Crippen molar-refractivity contribution in [2.75, 3.05) is 45.2 Å². The van der Waals surface area contributed by atoms with Gasteiger partial charge in [0.2, 0.25) is 5.91 Å². The Morgan fingerprint density at radius 2 is 1.80 bits per heavy atom. The fourth-order valence-corrected chi connectivity index (χ4v) is 7.45. The molecule has 9 nitrogen and oxygen atoms in total. The van der Waals surface area contributed by atoms with Crippen LogP contribution in [0.25, 0.3) is 11.0 Å². The van der Waals surface area contributed by atoms with Crippen molar-refractivity contribution in [3.63, 3.8) is 0 Å². The molecule has 2 saturated carbocycles. The van der Waals surface area contributed by atoms with Crippen molar-refractivity contribution in [2.24, 2.45) is 7.05 Å². The molecular weight excluding hydrogens is 534 g/mol. The molecule has 0 bridgehead atoms. The Hall–Kier alpha value is -2.43. The molecule has 1 aliphatic heterocycles. The van der Waals surface area contributed by atoms with Crippen LogP contribution in [-0.4, -0.2) is 91.5 Å².